The summed E-state index contributed by atoms with van der Waals surface area (Å²) in [6, 6.07) is 4.40. The fourth-order valence-electron chi connectivity index (χ4n) is 4.53. The van der Waals surface area contributed by atoms with Gasteiger partial charge in [0.1, 0.15) is 11.4 Å². The van der Waals surface area contributed by atoms with Gasteiger partial charge in [-0.2, -0.15) is 5.10 Å². The molecule has 0 N–H and O–H groups in total. The van der Waals surface area contributed by atoms with E-state index in [9.17, 15) is 14.0 Å². The molecule has 32 heavy (non-hydrogen) atoms. The summed E-state index contributed by atoms with van der Waals surface area (Å²) in [7, 11) is 0. The maximum absolute atomic E-state index is 14.2. The van der Waals surface area contributed by atoms with Crippen LogP contribution in [-0.2, 0) is 20.7 Å². The van der Waals surface area contributed by atoms with Crippen molar-refractivity contribution in [3.8, 4) is 0 Å². The number of nitrogens with zero attached hydrogens (tertiary/aromatic N) is 3. The van der Waals surface area contributed by atoms with Crippen molar-refractivity contribution in [2.75, 3.05) is 13.1 Å². The Morgan fingerprint density at radius 3 is 2.56 bits per heavy atom. The summed E-state index contributed by atoms with van der Waals surface area (Å²) in [4.78, 5) is 26.8. The minimum atomic E-state index is -0.574. The number of esters is 1. The van der Waals surface area contributed by atoms with Crippen LogP contribution in [0.1, 0.15) is 59.2 Å². The molecule has 2 aliphatic rings. The van der Waals surface area contributed by atoms with E-state index in [2.05, 4.69) is 0 Å². The fraction of sp³-hybridized carbons (Fsp3) is 0.625. The van der Waals surface area contributed by atoms with Crippen molar-refractivity contribution in [3.63, 3.8) is 0 Å². The summed E-state index contributed by atoms with van der Waals surface area (Å²) in [5.74, 6) is -0.00435. The Bertz CT molecular complexity index is 1020. The summed E-state index contributed by atoms with van der Waals surface area (Å²) in [6.45, 7) is 10.2. The molecule has 2 fully saturated rings. The summed E-state index contributed by atoms with van der Waals surface area (Å²) in [6.07, 6.45) is 1.69. The monoisotopic (exact) mass is 445 g/mol. The first-order valence-electron chi connectivity index (χ1n) is 11.4. The molecule has 8 heteroatoms. The molecule has 1 saturated carbocycles. The third-order valence-corrected chi connectivity index (χ3v) is 5.95. The number of amides is 1. The van der Waals surface area contributed by atoms with Crippen LogP contribution >= 0.6 is 0 Å². The lowest BCUT2D eigenvalue weighted by molar-refractivity contribution is -0.146. The first-order chi connectivity index (χ1) is 15.0. The number of ether oxygens (including phenoxy) is 2. The first-order valence-corrected chi connectivity index (χ1v) is 11.4. The summed E-state index contributed by atoms with van der Waals surface area (Å²) < 4.78 is 26.9. The van der Waals surface area contributed by atoms with Crippen LogP contribution in [0.5, 0.6) is 0 Å². The van der Waals surface area contributed by atoms with Crippen LogP contribution < -0.4 is 0 Å². The molecule has 1 amide bonds. The van der Waals surface area contributed by atoms with Crippen molar-refractivity contribution in [1.29, 1.82) is 0 Å². The van der Waals surface area contributed by atoms with Crippen molar-refractivity contribution < 1.29 is 23.5 Å². The SMILES string of the molecule is CC(C)OC(=O)Cc1nn([C@H]2CN(C(=O)OC(C)(C)C)C[C@H]2C2CC2)c2cc(F)ccc12. The third-order valence-electron chi connectivity index (χ3n) is 5.95. The average molecular weight is 446 g/mol. The molecule has 1 aromatic carbocycles. The fourth-order valence-corrected chi connectivity index (χ4v) is 4.53. The van der Waals surface area contributed by atoms with E-state index >= 15 is 0 Å². The van der Waals surface area contributed by atoms with E-state index in [-0.39, 0.29) is 42.4 Å². The summed E-state index contributed by atoms with van der Waals surface area (Å²) >= 11 is 0. The minimum absolute atomic E-state index is 0.0178. The van der Waals surface area contributed by atoms with E-state index < -0.39 is 5.60 Å². The molecule has 0 bridgehead atoms. The largest absolute Gasteiger partial charge is 0.463 e. The smallest absolute Gasteiger partial charge is 0.410 e. The molecule has 0 unspecified atom stereocenters. The van der Waals surface area contributed by atoms with Crippen molar-refractivity contribution in [1.82, 2.24) is 14.7 Å². The van der Waals surface area contributed by atoms with Gasteiger partial charge in [-0.3, -0.25) is 9.48 Å². The molecule has 1 aromatic heterocycles. The molecule has 2 aromatic rings. The highest BCUT2D eigenvalue weighted by atomic mass is 19.1. The number of benzene rings is 1. The van der Waals surface area contributed by atoms with Crippen LogP contribution in [0.3, 0.4) is 0 Å². The Morgan fingerprint density at radius 2 is 1.94 bits per heavy atom. The molecule has 0 spiro atoms. The van der Waals surface area contributed by atoms with Gasteiger partial charge in [-0.1, -0.05) is 0 Å². The standard InChI is InChI=1S/C24H32FN3O4/c1-14(2)31-22(29)11-19-17-9-8-16(25)10-20(17)28(26-19)21-13-27(12-18(21)15-6-7-15)23(30)32-24(3,4)5/h8-10,14-15,18,21H,6-7,11-13H2,1-5H3/t18-,21-/m0/s1. The van der Waals surface area contributed by atoms with E-state index in [1.54, 1.807) is 24.8 Å². The van der Waals surface area contributed by atoms with Gasteiger partial charge in [0.25, 0.3) is 0 Å². The first kappa shape index (κ1) is 22.6. The van der Waals surface area contributed by atoms with Gasteiger partial charge in [0.05, 0.1) is 29.8 Å². The zero-order valence-corrected chi connectivity index (χ0v) is 19.4. The highest BCUT2D eigenvalue weighted by Crippen LogP contribution is 2.46. The average Bonchev–Trinajstić information content (AvgIpc) is 3.32. The Kier molecular flexibility index (Phi) is 5.90. The molecule has 2 heterocycles. The highest BCUT2D eigenvalue weighted by Gasteiger charge is 2.46. The van der Waals surface area contributed by atoms with Crippen molar-refractivity contribution in [2.45, 2.75) is 71.6 Å². The number of likely N-dealkylation sites (tertiary alicyclic amines) is 1. The number of hydrogen-bond donors (Lipinski definition) is 0. The van der Waals surface area contributed by atoms with E-state index in [0.29, 0.717) is 30.2 Å². The molecule has 7 nitrogen and oxygen atoms in total. The number of halogens is 1. The number of carbonyl (C=O) groups is 2. The van der Waals surface area contributed by atoms with Gasteiger partial charge in [-0.05, 0) is 71.6 Å². The van der Waals surface area contributed by atoms with Gasteiger partial charge >= 0.3 is 12.1 Å². The second kappa shape index (κ2) is 8.37. The maximum Gasteiger partial charge on any atom is 0.410 e. The zero-order chi connectivity index (χ0) is 23.2. The van der Waals surface area contributed by atoms with Crippen LogP contribution in [0.4, 0.5) is 9.18 Å². The van der Waals surface area contributed by atoms with Crippen molar-refractivity contribution in [3.05, 3.63) is 29.7 Å². The number of rotatable bonds is 5. The van der Waals surface area contributed by atoms with Gasteiger partial charge in [-0.25, -0.2) is 9.18 Å². The van der Waals surface area contributed by atoms with Crippen LogP contribution in [0.2, 0.25) is 0 Å². The molecule has 1 aliphatic carbocycles. The maximum atomic E-state index is 14.2. The van der Waals surface area contributed by atoms with E-state index in [1.807, 2.05) is 25.5 Å². The Labute approximate surface area is 187 Å². The molecule has 1 saturated heterocycles. The van der Waals surface area contributed by atoms with Crippen LogP contribution in [0, 0.1) is 17.7 Å². The number of aromatic nitrogens is 2. The zero-order valence-electron chi connectivity index (χ0n) is 19.4. The van der Waals surface area contributed by atoms with E-state index in [1.165, 1.54) is 12.1 Å². The molecule has 2 atom stereocenters. The van der Waals surface area contributed by atoms with Crippen LogP contribution in [0.25, 0.3) is 10.9 Å². The van der Waals surface area contributed by atoms with Gasteiger partial charge in [0.2, 0.25) is 0 Å². The molecule has 174 valence electrons. The van der Waals surface area contributed by atoms with Crippen molar-refractivity contribution >= 4 is 23.0 Å². The normalized spacial score (nSPS) is 21.4. The quantitative estimate of drug-likeness (QED) is 0.634. The lowest BCUT2D eigenvalue weighted by Crippen LogP contribution is -2.35. The highest BCUT2D eigenvalue weighted by molar-refractivity contribution is 5.86. The van der Waals surface area contributed by atoms with E-state index in [4.69, 9.17) is 14.6 Å². The van der Waals surface area contributed by atoms with E-state index in [0.717, 1.165) is 18.2 Å². The summed E-state index contributed by atoms with van der Waals surface area (Å²) in [5.41, 5.74) is 0.630. The predicted molar refractivity (Wildman–Crippen MR) is 118 cm³/mol. The molecular formula is C24H32FN3O4. The Hall–Kier alpha value is -2.64. The van der Waals surface area contributed by atoms with Gasteiger partial charge in [0, 0.05) is 24.4 Å². The predicted octanol–water partition coefficient (Wildman–Crippen LogP) is 4.49. The lowest BCUT2D eigenvalue weighted by atomic mass is 9.98. The second-order valence-corrected chi connectivity index (χ2v) is 10.2. The number of fused-ring (bicyclic) bond motifs is 1. The second-order valence-electron chi connectivity index (χ2n) is 10.2. The Balaban J connectivity index is 1.67. The molecule has 0 radical (unpaired) electrons. The summed E-state index contributed by atoms with van der Waals surface area (Å²) in [5, 5.41) is 5.49. The Morgan fingerprint density at radius 1 is 1.22 bits per heavy atom. The molecular weight excluding hydrogens is 413 g/mol. The third kappa shape index (κ3) is 4.89. The topological polar surface area (TPSA) is 73.7 Å². The van der Waals surface area contributed by atoms with Gasteiger partial charge in [0.15, 0.2) is 0 Å². The van der Waals surface area contributed by atoms with Gasteiger partial charge in [-0.15, -0.1) is 0 Å². The molecule has 4 rings (SSSR count). The number of carbonyl (C=O) groups excluding carboxylic acids is 2. The lowest BCUT2D eigenvalue weighted by Gasteiger charge is -2.24. The van der Waals surface area contributed by atoms with Gasteiger partial charge < -0.3 is 14.4 Å². The minimum Gasteiger partial charge on any atom is -0.463 e. The van der Waals surface area contributed by atoms with Crippen LogP contribution in [0.15, 0.2) is 18.2 Å². The van der Waals surface area contributed by atoms with Crippen molar-refractivity contribution in [2.24, 2.45) is 11.8 Å². The van der Waals surface area contributed by atoms with Crippen LogP contribution in [-0.4, -0.2) is 51.5 Å². The molecule has 1 aliphatic heterocycles. The number of hydrogen-bond acceptors (Lipinski definition) is 5.